The maximum absolute atomic E-state index is 5.93. The molecule has 2 nitrogen and oxygen atoms in total. The first kappa shape index (κ1) is 13.2. The average Bonchev–Trinajstić information content (AvgIpc) is 2.20. The van der Waals surface area contributed by atoms with Crippen LogP contribution >= 0.6 is 11.6 Å². The number of hydrogen-bond donors (Lipinski definition) is 2. The van der Waals surface area contributed by atoms with Crippen molar-refractivity contribution >= 4 is 23.0 Å². The van der Waals surface area contributed by atoms with Gasteiger partial charge in [0.1, 0.15) is 0 Å². The summed E-state index contributed by atoms with van der Waals surface area (Å²) in [6.45, 7) is 6.64. The number of hydrogen-bond acceptors (Lipinski definition) is 2. The molecule has 0 amide bonds. The topological polar surface area (TPSA) is 38.0 Å². The smallest absolute Gasteiger partial charge is 0.0590 e. The molecule has 0 spiro atoms. The van der Waals surface area contributed by atoms with Gasteiger partial charge in [-0.1, -0.05) is 25.4 Å². The molecule has 3 heteroatoms. The Morgan fingerprint density at radius 3 is 2.56 bits per heavy atom. The third-order valence-corrected chi connectivity index (χ3v) is 2.83. The van der Waals surface area contributed by atoms with Crippen LogP contribution in [0.5, 0.6) is 0 Å². The Bertz CT molecular complexity index is 337. The Morgan fingerprint density at radius 1 is 1.25 bits per heavy atom. The molecule has 0 fully saturated rings. The van der Waals surface area contributed by atoms with E-state index in [0.29, 0.717) is 11.1 Å². The number of halogens is 1. The summed E-state index contributed by atoms with van der Waals surface area (Å²) >= 11 is 5.93. The highest BCUT2D eigenvalue weighted by molar-refractivity contribution is 6.31. The van der Waals surface area contributed by atoms with Gasteiger partial charge in [-0.05, 0) is 43.9 Å². The van der Waals surface area contributed by atoms with Gasteiger partial charge in [0, 0.05) is 11.1 Å². The molecule has 0 bridgehead atoms. The second kappa shape index (κ2) is 6.00. The molecule has 1 atom stereocenters. The lowest BCUT2D eigenvalue weighted by atomic mass is 10.0. The van der Waals surface area contributed by atoms with Gasteiger partial charge in [-0.15, -0.1) is 0 Å². The molecule has 0 aliphatic heterocycles. The average molecular weight is 241 g/mol. The van der Waals surface area contributed by atoms with Gasteiger partial charge in [-0.2, -0.15) is 0 Å². The zero-order valence-corrected chi connectivity index (χ0v) is 11.0. The van der Waals surface area contributed by atoms with Gasteiger partial charge in [0.25, 0.3) is 0 Å². The van der Waals surface area contributed by atoms with E-state index in [9.17, 15) is 0 Å². The lowest BCUT2D eigenvalue weighted by Crippen LogP contribution is -2.16. The van der Waals surface area contributed by atoms with Crippen LogP contribution in [0.1, 0.15) is 33.6 Å². The number of rotatable bonds is 5. The highest BCUT2D eigenvalue weighted by Gasteiger charge is 2.06. The summed E-state index contributed by atoms with van der Waals surface area (Å²) < 4.78 is 0. The molecule has 1 aromatic carbocycles. The molecule has 90 valence electrons. The summed E-state index contributed by atoms with van der Waals surface area (Å²) in [5.41, 5.74) is 7.56. The second-order valence-corrected chi connectivity index (χ2v) is 5.18. The minimum atomic E-state index is 0.420. The van der Waals surface area contributed by atoms with Crippen LogP contribution in [0.25, 0.3) is 0 Å². The van der Waals surface area contributed by atoms with E-state index < -0.39 is 0 Å². The van der Waals surface area contributed by atoms with Crippen molar-refractivity contribution in [3.63, 3.8) is 0 Å². The molecule has 0 radical (unpaired) electrons. The lowest BCUT2D eigenvalue weighted by Gasteiger charge is -2.17. The fourth-order valence-electron chi connectivity index (χ4n) is 1.57. The van der Waals surface area contributed by atoms with Gasteiger partial charge in [0.2, 0.25) is 0 Å². The van der Waals surface area contributed by atoms with Gasteiger partial charge in [-0.3, -0.25) is 0 Å². The third-order valence-electron chi connectivity index (χ3n) is 2.59. The number of anilines is 2. The highest BCUT2D eigenvalue weighted by atomic mass is 35.5. The first-order valence-electron chi connectivity index (χ1n) is 5.80. The molecular formula is C13H21ClN2. The van der Waals surface area contributed by atoms with E-state index >= 15 is 0 Å². The summed E-state index contributed by atoms with van der Waals surface area (Å²) in [7, 11) is 0. The van der Waals surface area contributed by atoms with Crippen LogP contribution in [0.15, 0.2) is 18.2 Å². The molecule has 1 aromatic rings. The van der Waals surface area contributed by atoms with Crippen LogP contribution in [0.2, 0.25) is 5.02 Å². The Kier molecular flexibility index (Phi) is 4.94. The molecule has 1 rings (SSSR count). The molecule has 0 heterocycles. The molecule has 0 aliphatic rings. The van der Waals surface area contributed by atoms with E-state index in [2.05, 4.69) is 26.1 Å². The molecule has 0 aromatic heterocycles. The minimum absolute atomic E-state index is 0.420. The van der Waals surface area contributed by atoms with Crippen LogP contribution in [0.4, 0.5) is 11.4 Å². The molecular weight excluding hydrogens is 220 g/mol. The zero-order chi connectivity index (χ0) is 12.1. The van der Waals surface area contributed by atoms with Crippen molar-refractivity contribution in [3.05, 3.63) is 23.2 Å². The van der Waals surface area contributed by atoms with Gasteiger partial charge in [0.15, 0.2) is 0 Å². The fraction of sp³-hybridized carbons (Fsp3) is 0.538. The Labute approximate surface area is 103 Å². The van der Waals surface area contributed by atoms with Crippen molar-refractivity contribution in [1.29, 1.82) is 0 Å². The Hall–Kier alpha value is -0.890. The fourth-order valence-corrected chi connectivity index (χ4v) is 1.75. The molecule has 16 heavy (non-hydrogen) atoms. The number of nitrogens with one attached hydrogen (secondary N) is 1. The Morgan fingerprint density at radius 2 is 1.94 bits per heavy atom. The Balaban J connectivity index is 2.55. The largest absolute Gasteiger partial charge is 0.397 e. The van der Waals surface area contributed by atoms with Gasteiger partial charge < -0.3 is 11.1 Å². The summed E-state index contributed by atoms with van der Waals surface area (Å²) in [6, 6.07) is 5.94. The van der Waals surface area contributed by atoms with Crippen LogP contribution in [0, 0.1) is 5.92 Å². The first-order valence-corrected chi connectivity index (χ1v) is 6.18. The highest BCUT2D eigenvalue weighted by Crippen LogP contribution is 2.24. The summed E-state index contributed by atoms with van der Waals surface area (Å²) in [5, 5.41) is 4.11. The molecule has 3 N–H and O–H groups in total. The molecule has 0 saturated heterocycles. The van der Waals surface area contributed by atoms with Crippen molar-refractivity contribution in [2.75, 3.05) is 11.1 Å². The summed E-state index contributed by atoms with van der Waals surface area (Å²) in [4.78, 5) is 0. The van der Waals surface area contributed by atoms with Crippen molar-refractivity contribution in [2.24, 2.45) is 5.92 Å². The standard InChI is InChI=1S/C13H21ClN2/c1-9(2)4-5-10(3)16-13-8-11(14)6-7-12(13)15/h6-10,16H,4-5,15H2,1-3H3. The van der Waals surface area contributed by atoms with E-state index in [1.807, 2.05) is 12.1 Å². The van der Waals surface area contributed by atoms with Crippen LogP contribution < -0.4 is 11.1 Å². The lowest BCUT2D eigenvalue weighted by molar-refractivity contribution is 0.528. The SMILES string of the molecule is CC(C)CCC(C)Nc1cc(Cl)ccc1N. The molecule has 1 unspecified atom stereocenters. The van der Waals surface area contributed by atoms with E-state index in [0.717, 1.165) is 23.7 Å². The summed E-state index contributed by atoms with van der Waals surface area (Å²) in [5.74, 6) is 0.737. The number of benzene rings is 1. The van der Waals surface area contributed by atoms with Crippen molar-refractivity contribution in [1.82, 2.24) is 0 Å². The normalized spacial score (nSPS) is 12.8. The molecule has 0 saturated carbocycles. The molecule has 0 aliphatic carbocycles. The van der Waals surface area contributed by atoms with Crippen molar-refractivity contribution in [2.45, 2.75) is 39.7 Å². The summed E-state index contributed by atoms with van der Waals surface area (Å²) in [6.07, 6.45) is 2.36. The van der Waals surface area contributed by atoms with E-state index in [1.165, 1.54) is 6.42 Å². The maximum Gasteiger partial charge on any atom is 0.0590 e. The number of nitrogens with two attached hydrogens (primary N) is 1. The van der Waals surface area contributed by atoms with E-state index in [-0.39, 0.29) is 0 Å². The third kappa shape index (κ3) is 4.31. The van der Waals surface area contributed by atoms with Crippen LogP contribution in [-0.4, -0.2) is 6.04 Å². The predicted octanol–water partition coefficient (Wildman–Crippen LogP) is 4.16. The minimum Gasteiger partial charge on any atom is -0.397 e. The van der Waals surface area contributed by atoms with Crippen molar-refractivity contribution in [3.8, 4) is 0 Å². The van der Waals surface area contributed by atoms with E-state index in [1.54, 1.807) is 6.07 Å². The number of nitrogen functional groups attached to an aromatic ring is 1. The second-order valence-electron chi connectivity index (χ2n) is 4.75. The van der Waals surface area contributed by atoms with Crippen LogP contribution in [-0.2, 0) is 0 Å². The first-order chi connectivity index (χ1) is 7.49. The maximum atomic E-state index is 5.93. The zero-order valence-electron chi connectivity index (χ0n) is 10.3. The predicted molar refractivity (Wildman–Crippen MR) is 73.0 cm³/mol. The van der Waals surface area contributed by atoms with Gasteiger partial charge >= 0.3 is 0 Å². The van der Waals surface area contributed by atoms with Gasteiger partial charge in [-0.25, -0.2) is 0 Å². The monoisotopic (exact) mass is 240 g/mol. The van der Waals surface area contributed by atoms with Gasteiger partial charge in [0.05, 0.1) is 11.4 Å². The van der Waals surface area contributed by atoms with Crippen LogP contribution in [0.3, 0.4) is 0 Å². The van der Waals surface area contributed by atoms with Crippen molar-refractivity contribution < 1.29 is 0 Å². The quantitative estimate of drug-likeness (QED) is 0.759. The van der Waals surface area contributed by atoms with E-state index in [4.69, 9.17) is 17.3 Å².